The first kappa shape index (κ1) is 21.2. The van der Waals surface area contributed by atoms with Crippen LogP contribution in [0, 0.1) is 12.7 Å². The van der Waals surface area contributed by atoms with E-state index in [1.54, 1.807) is 6.07 Å². The zero-order valence-corrected chi connectivity index (χ0v) is 16.8. The van der Waals surface area contributed by atoms with Gasteiger partial charge in [-0.2, -0.15) is 13.2 Å². The number of nitrogens with zero attached hydrogens (tertiary/aromatic N) is 4. The van der Waals surface area contributed by atoms with Gasteiger partial charge < -0.3 is 11.1 Å². The Kier molecular flexibility index (Phi) is 5.03. The first-order chi connectivity index (χ1) is 15.1. The number of aryl methyl sites for hydroxylation is 1. The molecule has 0 saturated carbocycles. The van der Waals surface area contributed by atoms with Crippen molar-refractivity contribution in [3.63, 3.8) is 0 Å². The number of aromatic nitrogens is 4. The van der Waals surface area contributed by atoms with Crippen LogP contribution in [0.4, 0.5) is 23.4 Å². The van der Waals surface area contributed by atoms with E-state index in [1.807, 2.05) is 0 Å². The predicted octanol–water partition coefficient (Wildman–Crippen LogP) is 3.87. The van der Waals surface area contributed by atoms with Crippen LogP contribution in [0.2, 0.25) is 0 Å². The van der Waals surface area contributed by atoms with E-state index < -0.39 is 23.6 Å². The summed E-state index contributed by atoms with van der Waals surface area (Å²) in [5.74, 6) is -1.16. The fourth-order valence-corrected chi connectivity index (χ4v) is 3.37. The Morgan fingerprint density at radius 3 is 2.50 bits per heavy atom. The molecule has 0 aliphatic heterocycles. The number of nitrogen functional groups attached to an aromatic ring is 1. The molecule has 0 atom stereocenters. The number of carbonyl (C=O) groups excluding carboxylic acids is 1. The van der Waals surface area contributed by atoms with Crippen LogP contribution >= 0.6 is 0 Å². The summed E-state index contributed by atoms with van der Waals surface area (Å²) in [4.78, 5) is 24.2. The number of pyridine rings is 1. The molecule has 0 fully saturated rings. The van der Waals surface area contributed by atoms with Crippen LogP contribution in [0.3, 0.4) is 0 Å². The molecule has 0 radical (unpaired) electrons. The Morgan fingerprint density at radius 2 is 1.84 bits per heavy atom. The second-order valence-corrected chi connectivity index (χ2v) is 6.98. The molecule has 0 spiro atoms. The molecule has 3 aromatic heterocycles. The van der Waals surface area contributed by atoms with Crippen molar-refractivity contribution in [2.24, 2.45) is 0 Å². The Bertz CT molecular complexity index is 1360. The maximum atomic E-state index is 14.0. The van der Waals surface area contributed by atoms with Crippen LogP contribution in [0.25, 0.3) is 28.2 Å². The van der Waals surface area contributed by atoms with Gasteiger partial charge in [0.15, 0.2) is 11.5 Å². The summed E-state index contributed by atoms with van der Waals surface area (Å²) in [6, 6.07) is 7.71. The third-order valence-electron chi connectivity index (χ3n) is 4.71. The fourth-order valence-electron chi connectivity index (χ4n) is 3.37. The van der Waals surface area contributed by atoms with Gasteiger partial charge in [0.05, 0.1) is 11.4 Å². The second-order valence-electron chi connectivity index (χ2n) is 6.98. The predicted molar refractivity (Wildman–Crippen MR) is 109 cm³/mol. The van der Waals surface area contributed by atoms with Gasteiger partial charge in [-0.1, -0.05) is 12.1 Å². The highest BCUT2D eigenvalue weighted by molar-refractivity contribution is 5.94. The van der Waals surface area contributed by atoms with Gasteiger partial charge in [-0.15, -0.1) is 0 Å². The number of anilines is 1. The van der Waals surface area contributed by atoms with E-state index in [0.29, 0.717) is 0 Å². The van der Waals surface area contributed by atoms with Crippen molar-refractivity contribution in [3.05, 3.63) is 65.5 Å². The van der Waals surface area contributed by atoms with Gasteiger partial charge in [0.25, 0.3) is 5.91 Å². The molecule has 0 unspecified atom stereocenters. The van der Waals surface area contributed by atoms with E-state index in [9.17, 15) is 22.4 Å². The molecular weight excluding hydrogens is 428 g/mol. The van der Waals surface area contributed by atoms with E-state index in [0.717, 1.165) is 6.07 Å². The third-order valence-corrected chi connectivity index (χ3v) is 4.71. The summed E-state index contributed by atoms with van der Waals surface area (Å²) in [5, 5.41) is 2.43. The number of rotatable bonds is 3. The molecule has 4 aromatic rings. The molecule has 1 aromatic carbocycles. The molecular formula is C21H16F4N6O. The van der Waals surface area contributed by atoms with Crippen LogP contribution in [-0.4, -0.2) is 32.3 Å². The number of benzene rings is 1. The van der Waals surface area contributed by atoms with Crippen LogP contribution in [0.1, 0.15) is 21.9 Å². The standard InChI is InChI=1S/C21H16F4N6O/c1-10-6-12(8-15(28-10)21(23,24)25)17-16(11-4-3-5-13(22)7-11)30-18(26)19-29-14(9-31(17)19)20(32)27-2/h3-9H,1-2H3,(H2,26,30)(H,27,32). The van der Waals surface area contributed by atoms with Crippen molar-refractivity contribution in [2.75, 3.05) is 12.8 Å². The second kappa shape index (κ2) is 7.59. The number of nitrogens with two attached hydrogens (primary N) is 1. The van der Waals surface area contributed by atoms with E-state index in [2.05, 4.69) is 20.3 Å². The van der Waals surface area contributed by atoms with Crippen LogP contribution < -0.4 is 11.1 Å². The van der Waals surface area contributed by atoms with Crippen molar-refractivity contribution in [1.29, 1.82) is 0 Å². The number of fused-ring (bicyclic) bond motifs is 1. The lowest BCUT2D eigenvalue weighted by Gasteiger charge is -2.15. The number of halogens is 4. The highest BCUT2D eigenvalue weighted by Gasteiger charge is 2.33. The normalized spacial score (nSPS) is 11.7. The zero-order chi connectivity index (χ0) is 23.2. The number of alkyl halides is 3. The SMILES string of the molecule is CNC(=O)c1cn2c(-c3cc(C)nc(C(F)(F)F)c3)c(-c3cccc(F)c3)nc(N)c2n1. The lowest BCUT2D eigenvalue weighted by atomic mass is 10.0. The summed E-state index contributed by atoms with van der Waals surface area (Å²) in [6.45, 7) is 1.42. The lowest BCUT2D eigenvalue weighted by Crippen LogP contribution is -2.17. The summed E-state index contributed by atoms with van der Waals surface area (Å²) < 4.78 is 55.7. The minimum Gasteiger partial charge on any atom is -0.381 e. The van der Waals surface area contributed by atoms with Crippen molar-refractivity contribution in [2.45, 2.75) is 13.1 Å². The summed E-state index contributed by atoms with van der Waals surface area (Å²) in [5.41, 5.74) is 5.77. The molecule has 4 rings (SSSR count). The van der Waals surface area contributed by atoms with E-state index >= 15 is 0 Å². The molecule has 7 nitrogen and oxygen atoms in total. The zero-order valence-electron chi connectivity index (χ0n) is 16.8. The minimum atomic E-state index is -4.69. The summed E-state index contributed by atoms with van der Waals surface area (Å²) >= 11 is 0. The van der Waals surface area contributed by atoms with Crippen molar-refractivity contribution >= 4 is 17.4 Å². The van der Waals surface area contributed by atoms with Crippen molar-refractivity contribution in [3.8, 4) is 22.5 Å². The maximum absolute atomic E-state index is 14.0. The van der Waals surface area contributed by atoms with Gasteiger partial charge in [0.2, 0.25) is 0 Å². The Labute approximate surface area is 178 Å². The van der Waals surface area contributed by atoms with Gasteiger partial charge in [0, 0.05) is 30.1 Å². The topological polar surface area (TPSA) is 98.2 Å². The number of hydrogen-bond acceptors (Lipinski definition) is 5. The van der Waals surface area contributed by atoms with Crippen LogP contribution in [-0.2, 0) is 6.18 Å². The van der Waals surface area contributed by atoms with Crippen LogP contribution in [0.15, 0.2) is 42.6 Å². The van der Waals surface area contributed by atoms with Gasteiger partial charge >= 0.3 is 6.18 Å². The molecule has 0 saturated heterocycles. The highest BCUT2D eigenvalue weighted by atomic mass is 19.4. The molecule has 3 N–H and O–H groups in total. The minimum absolute atomic E-state index is 0.0135. The van der Waals surface area contributed by atoms with Gasteiger partial charge in [-0.25, -0.2) is 19.3 Å². The van der Waals surface area contributed by atoms with E-state index in [-0.39, 0.29) is 45.4 Å². The Balaban J connectivity index is 2.12. The average Bonchev–Trinajstić information content (AvgIpc) is 3.18. The maximum Gasteiger partial charge on any atom is 0.433 e. The fraction of sp³-hybridized carbons (Fsp3) is 0.143. The van der Waals surface area contributed by atoms with Gasteiger partial charge in [-0.05, 0) is 31.2 Å². The number of amides is 1. The summed E-state index contributed by atoms with van der Waals surface area (Å²) in [6.07, 6.45) is -3.35. The number of hydrogen-bond donors (Lipinski definition) is 2. The van der Waals surface area contributed by atoms with Crippen molar-refractivity contribution < 1.29 is 22.4 Å². The molecule has 0 aliphatic rings. The number of nitrogens with one attached hydrogen (secondary N) is 1. The number of imidazole rings is 1. The third kappa shape index (κ3) is 3.72. The molecule has 1 amide bonds. The first-order valence-corrected chi connectivity index (χ1v) is 9.31. The number of carbonyl (C=O) groups is 1. The molecule has 164 valence electrons. The van der Waals surface area contributed by atoms with Crippen molar-refractivity contribution in [1.82, 2.24) is 24.7 Å². The smallest absolute Gasteiger partial charge is 0.381 e. The molecule has 0 bridgehead atoms. The molecule has 32 heavy (non-hydrogen) atoms. The molecule has 11 heteroatoms. The van der Waals surface area contributed by atoms with E-state index in [4.69, 9.17) is 5.73 Å². The molecule has 0 aliphatic carbocycles. The highest BCUT2D eigenvalue weighted by Crippen LogP contribution is 2.37. The summed E-state index contributed by atoms with van der Waals surface area (Å²) in [7, 11) is 1.41. The van der Waals surface area contributed by atoms with E-state index in [1.165, 1.54) is 48.8 Å². The molecule has 3 heterocycles. The monoisotopic (exact) mass is 444 g/mol. The average molecular weight is 444 g/mol. The quantitative estimate of drug-likeness (QED) is 0.468. The Hall–Kier alpha value is -4.02. The lowest BCUT2D eigenvalue weighted by molar-refractivity contribution is -0.141. The van der Waals surface area contributed by atoms with Gasteiger partial charge in [0.1, 0.15) is 17.2 Å². The van der Waals surface area contributed by atoms with Gasteiger partial charge in [-0.3, -0.25) is 9.20 Å². The van der Waals surface area contributed by atoms with Crippen LogP contribution in [0.5, 0.6) is 0 Å². The Morgan fingerprint density at radius 1 is 1.09 bits per heavy atom. The first-order valence-electron chi connectivity index (χ1n) is 9.31. The largest absolute Gasteiger partial charge is 0.433 e.